The van der Waals surface area contributed by atoms with E-state index < -0.39 is 23.4 Å². The number of benzene rings is 1. The van der Waals surface area contributed by atoms with Gasteiger partial charge in [0.1, 0.15) is 0 Å². The van der Waals surface area contributed by atoms with Gasteiger partial charge >= 0.3 is 0 Å². The molecule has 0 aliphatic carbocycles. The molecule has 1 aliphatic heterocycles. The monoisotopic (exact) mass is 272 g/mol. The fourth-order valence-corrected chi connectivity index (χ4v) is 2.18. The van der Waals surface area contributed by atoms with E-state index in [9.17, 15) is 18.0 Å². The van der Waals surface area contributed by atoms with Gasteiger partial charge in [0, 0.05) is 30.7 Å². The SMILES string of the molecule is CC1(C)CN(C(=O)c2cc(F)c(F)c(F)c2)CCN1. The van der Waals surface area contributed by atoms with Crippen molar-refractivity contribution < 1.29 is 18.0 Å². The van der Waals surface area contributed by atoms with Gasteiger partial charge in [-0.3, -0.25) is 4.79 Å². The summed E-state index contributed by atoms with van der Waals surface area (Å²) in [6.07, 6.45) is 0. The fourth-order valence-electron chi connectivity index (χ4n) is 2.18. The Morgan fingerprint density at radius 1 is 1.26 bits per heavy atom. The van der Waals surface area contributed by atoms with Crippen LogP contribution in [0.15, 0.2) is 12.1 Å². The number of halogens is 3. The van der Waals surface area contributed by atoms with Gasteiger partial charge in [-0.25, -0.2) is 13.2 Å². The Morgan fingerprint density at radius 2 is 1.84 bits per heavy atom. The number of nitrogens with zero attached hydrogens (tertiary/aromatic N) is 1. The molecule has 104 valence electrons. The van der Waals surface area contributed by atoms with Crippen LogP contribution in [0.5, 0.6) is 0 Å². The molecule has 0 radical (unpaired) electrons. The first-order chi connectivity index (χ1) is 8.80. The number of amides is 1. The van der Waals surface area contributed by atoms with Gasteiger partial charge in [0.2, 0.25) is 0 Å². The van der Waals surface area contributed by atoms with E-state index in [2.05, 4.69) is 5.32 Å². The van der Waals surface area contributed by atoms with Crippen LogP contribution in [-0.4, -0.2) is 36.0 Å². The topological polar surface area (TPSA) is 32.3 Å². The van der Waals surface area contributed by atoms with E-state index >= 15 is 0 Å². The van der Waals surface area contributed by atoms with E-state index in [0.717, 1.165) is 12.1 Å². The fraction of sp³-hybridized carbons (Fsp3) is 0.462. The summed E-state index contributed by atoms with van der Waals surface area (Å²) in [5, 5.41) is 3.22. The van der Waals surface area contributed by atoms with Gasteiger partial charge in [-0.2, -0.15) is 0 Å². The summed E-state index contributed by atoms with van der Waals surface area (Å²) in [4.78, 5) is 13.6. The number of hydrogen-bond donors (Lipinski definition) is 1. The van der Waals surface area contributed by atoms with Crippen LogP contribution in [0.4, 0.5) is 13.2 Å². The number of rotatable bonds is 1. The largest absolute Gasteiger partial charge is 0.336 e. The lowest BCUT2D eigenvalue weighted by molar-refractivity contribution is 0.0651. The molecule has 1 saturated heterocycles. The molecule has 0 saturated carbocycles. The molecule has 6 heteroatoms. The van der Waals surface area contributed by atoms with Crippen LogP contribution in [0.25, 0.3) is 0 Å². The van der Waals surface area contributed by atoms with Crippen LogP contribution in [-0.2, 0) is 0 Å². The molecule has 1 heterocycles. The summed E-state index contributed by atoms with van der Waals surface area (Å²) in [7, 11) is 0. The third-order valence-corrected chi connectivity index (χ3v) is 3.09. The minimum Gasteiger partial charge on any atom is -0.336 e. The maximum atomic E-state index is 13.1. The zero-order valence-corrected chi connectivity index (χ0v) is 10.8. The van der Waals surface area contributed by atoms with E-state index in [1.807, 2.05) is 13.8 Å². The van der Waals surface area contributed by atoms with Gasteiger partial charge < -0.3 is 10.2 Å². The van der Waals surface area contributed by atoms with Crippen LogP contribution in [0, 0.1) is 17.5 Å². The van der Waals surface area contributed by atoms with Crippen molar-refractivity contribution in [2.75, 3.05) is 19.6 Å². The molecule has 1 fully saturated rings. The molecule has 1 aliphatic rings. The van der Waals surface area contributed by atoms with Crippen molar-refractivity contribution in [1.29, 1.82) is 0 Å². The lowest BCUT2D eigenvalue weighted by Crippen LogP contribution is -2.58. The quantitative estimate of drug-likeness (QED) is 0.792. The Kier molecular flexibility index (Phi) is 3.54. The van der Waals surface area contributed by atoms with Crippen molar-refractivity contribution >= 4 is 5.91 Å². The lowest BCUT2D eigenvalue weighted by atomic mass is 10.0. The molecule has 0 spiro atoms. The first-order valence-corrected chi connectivity index (χ1v) is 5.99. The highest BCUT2D eigenvalue weighted by atomic mass is 19.2. The van der Waals surface area contributed by atoms with Crippen LogP contribution in [0.2, 0.25) is 0 Å². The maximum Gasteiger partial charge on any atom is 0.254 e. The van der Waals surface area contributed by atoms with Crippen molar-refractivity contribution in [2.45, 2.75) is 19.4 Å². The molecule has 1 aromatic carbocycles. The molecule has 0 aromatic heterocycles. The molecule has 2 rings (SSSR count). The predicted molar refractivity (Wildman–Crippen MR) is 64.3 cm³/mol. The van der Waals surface area contributed by atoms with Crippen molar-refractivity contribution in [1.82, 2.24) is 10.2 Å². The average Bonchev–Trinajstić information content (AvgIpc) is 2.33. The number of piperazine rings is 1. The first-order valence-electron chi connectivity index (χ1n) is 5.99. The predicted octanol–water partition coefficient (Wildman–Crippen LogP) is 1.93. The summed E-state index contributed by atoms with van der Waals surface area (Å²) >= 11 is 0. The van der Waals surface area contributed by atoms with E-state index in [1.54, 1.807) is 0 Å². The molecular weight excluding hydrogens is 257 g/mol. The van der Waals surface area contributed by atoms with Gasteiger partial charge in [0.15, 0.2) is 17.5 Å². The molecule has 3 nitrogen and oxygen atoms in total. The smallest absolute Gasteiger partial charge is 0.254 e. The number of carbonyl (C=O) groups is 1. The van der Waals surface area contributed by atoms with Crippen molar-refractivity contribution in [3.8, 4) is 0 Å². The van der Waals surface area contributed by atoms with Crippen molar-refractivity contribution in [3.05, 3.63) is 35.1 Å². The maximum absolute atomic E-state index is 13.1. The average molecular weight is 272 g/mol. The number of carbonyl (C=O) groups excluding carboxylic acids is 1. The highest BCUT2D eigenvalue weighted by Gasteiger charge is 2.29. The Hall–Kier alpha value is -1.56. The Morgan fingerprint density at radius 3 is 2.37 bits per heavy atom. The van der Waals surface area contributed by atoms with Gasteiger partial charge in [0.05, 0.1) is 0 Å². The van der Waals surface area contributed by atoms with E-state index in [1.165, 1.54) is 4.90 Å². The summed E-state index contributed by atoms with van der Waals surface area (Å²) in [5.41, 5.74) is -0.431. The summed E-state index contributed by atoms with van der Waals surface area (Å²) in [6.45, 7) is 5.33. The van der Waals surface area contributed by atoms with Gasteiger partial charge in [-0.1, -0.05) is 0 Å². The molecule has 1 amide bonds. The highest BCUT2D eigenvalue weighted by molar-refractivity contribution is 5.94. The second-order valence-electron chi connectivity index (χ2n) is 5.29. The van der Waals surface area contributed by atoms with E-state index in [4.69, 9.17) is 0 Å². The Balaban J connectivity index is 2.25. The van der Waals surface area contributed by atoms with Crippen LogP contribution >= 0.6 is 0 Å². The number of hydrogen-bond acceptors (Lipinski definition) is 2. The van der Waals surface area contributed by atoms with E-state index in [0.29, 0.717) is 19.6 Å². The molecule has 1 aromatic rings. The van der Waals surface area contributed by atoms with Crippen LogP contribution in [0.3, 0.4) is 0 Å². The van der Waals surface area contributed by atoms with E-state index in [-0.39, 0.29) is 11.1 Å². The third kappa shape index (κ3) is 2.89. The second kappa shape index (κ2) is 4.85. The zero-order chi connectivity index (χ0) is 14.2. The first kappa shape index (κ1) is 13.9. The van der Waals surface area contributed by atoms with Crippen LogP contribution in [0.1, 0.15) is 24.2 Å². The zero-order valence-electron chi connectivity index (χ0n) is 10.8. The molecule has 19 heavy (non-hydrogen) atoms. The molecule has 0 unspecified atom stereocenters. The third-order valence-electron chi connectivity index (χ3n) is 3.09. The van der Waals surface area contributed by atoms with Crippen molar-refractivity contribution in [3.63, 3.8) is 0 Å². The van der Waals surface area contributed by atoms with Crippen LogP contribution < -0.4 is 5.32 Å². The Labute approximate surface area is 109 Å². The molecule has 0 bridgehead atoms. The summed E-state index contributed by atoms with van der Waals surface area (Å²) < 4.78 is 39.1. The summed E-state index contributed by atoms with van der Waals surface area (Å²) in [6, 6.07) is 1.46. The molecule has 0 atom stereocenters. The second-order valence-corrected chi connectivity index (χ2v) is 5.29. The van der Waals surface area contributed by atoms with Crippen molar-refractivity contribution in [2.24, 2.45) is 0 Å². The minimum absolute atomic E-state index is 0.172. The standard InChI is InChI=1S/C13H15F3N2O/c1-13(2)7-18(4-3-17-13)12(19)8-5-9(14)11(16)10(15)6-8/h5-6,17H,3-4,7H2,1-2H3. The molecular formula is C13H15F3N2O. The Bertz CT molecular complexity index is 494. The highest BCUT2D eigenvalue weighted by Crippen LogP contribution is 2.17. The van der Waals surface area contributed by atoms with Gasteiger partial charge in [-0.05, 0) is 26.0 Å². The summed E-state index contributed by atoms with van der Waals surface area (Å²) in [5.74, 6) is -4.75. The van der Waals surface area contributed by atoms with Gasteiger partial charge in [-0.15, -0.1) is 0 Å². The number of nitrogens with one attached hydrogen (secondary N) is 1. The minimum atomic E-state index is -1.56. The normalized spacial score (nSPS) is 18.5. The lowest BCUT2D eigenvalue weighted by Gasteiger charge is -2.39. The molecule has 1 N–H and O–H groups in total. The van der Waals surface area contributed by atoms with Gasteiger partial charge in [0.25, 0.3) is 5.91 Å².